The Morgan fingerprint density at radius 3 is 2.57 bits per heavy atom. The largest absolute Gasteiger partial charge is 0.449 e. The first-order chi connectivity index (χ1) is 13.2. The highest BCUT2D eigenvalue weighted by atomic mass is 127. The van der Waals surface area contributed by atoms with Crippen LogP contribution in [0.4, 0.5) is 8.78 Å². The van der Waals surface area contributed by atoms with Gasteiger partial charge in [0.2, 0.25) is 11.8 Å². The van der Waals surface area contributed by atoms with Gasteiger partial charge in [0.1, 0.15) is 0 Å². The molecule has 148 valence electrons. The lowest BCUT2D eigenvalue weighted by Gasteiger charge is -2.29. The van der Waals surface area contributed by atoms with Gasteiger partial charge in [0.25, 0.3) is 11.4 Å². The van der Waals surface area contributed by atoms with Crippen LogP contribution in [0.3, 0.4) is 0 Å². The van der Waals surface area contributed by atoms with Crippen molar-refractivity contribution < 1.29 is 23.0 Å². The lowest BCUT2D eigenvalue weighted by atomic mass is 9.95. The van der Waals surface area contributed by atoms with Crippen molar-refractivity contribution in [1.29, 1.82) is 0 Å². The van der Waals surface area contributed by atoms with Gasteiger partial charge in [-0.25, -0.2) is 18.4 Å². The lowest BCUT2D eigenvalue weighted by Crippen LogP contribution is -2.49. The summed E-state index contributed by atoms with van der Waals surface area (Å²) in [6.07, 6.45) is -2.18. The molecule has 0 bridgehead atoms. The van der Waals surface area contributed by atoms with Crippen LogP contribution in [0, 0.1) is 0 Å². The van der Waals surface area contributed by atoms with Gasteiger partial charge in [0.05, 0.1) is 9.99 Å². The number of benzene rings is 1. The third-order valence-corrected chi connectivity index (χ3v) is 5.35. The molecule has 7 nitrogen and oxygen atoms in total. The van der Waals surface area contributed by atoms with E-state index >= 15 is 8.78 Å². The van der Waals surface area contributed by atoms with E-state index in [-0.39, 0.29) is 5.56 Å². The summed E-state index contributed by atoms with van der Waals surface area (Å²) in [5.74, 6) is -3.70. The van der Waals surface area contributed by atoms with Crippen LogP contribution in [0.15, 0.2) is 64.8 Å². The number of nitrogens with one attached hydrogen (secondary N) is 1. The van der Waals surface area contributed by atoms with E-state index in [4.69, 9.17) is 9.47 Å². The van der Waals surface area contributed by atoms with Crippen molar-refractivity contribution in [3.05, 3.63) is 81.7 Å². The Morgan fingerprint density at radius 1 is 1.32 bits per heavy atom. The summed E-state index contributed by atoms with van der Waals surface area (Å²) in [4.78, 5) is 37.7. The van der Waals surface area contributed by atoms with Gasteiger partial charge in [-0.05, 0) is 18.2 Å². The quantitative estimate of drug-likeness (QED) is 0.292. The van der Waals surface area contributed by atoms with Crippen LogP contribution in [0.5, 0.6) is 0 Å². The predicted octanol–water partition coefficient (Wildman–Crippen LogP) is 2.29. The molecule has 4 atom stereocenters. The molecule has 1 aliphatic rings. The Morgan fingerprint density at radius 2 is 2.00 bits per heavy atom. The molecule has 2 heterocycles. The number of hydrogen-bond acceptors (Lipinski definition) is 5. The number of carbonyl (C=O) groups excluding carboxylic acids is 1. The summed E-state index contributed by atoms with van der Waals surface area (Å²) in [7, 11) is 0. The Balaban J connectivity index is 2.04. The SMILES string of the molecule is C=C[C@]1(F)[C@H](n2ccc(=O)[nH]c2=O)O[C@](F)(CI)[C@H]1OC(=O)c1ccccc1. The van der Waals surface area contributed by atoms with E-state index in [1.54, 1.807) is 40.8 Å². The first-order valence-electron chi connectivity index (χ1n) is 8.08. The Kier molecular flexibility index (Phi) is 5.53. The number of carbonyl (C=O) groups is 1. The molecule has 0 amide bonds. The molecule has 10 heteroatoms. The molecule has 0 radical (unpaired) electrons. The highest BCUT2D eigenvalue weighted by Crippen LogP contribution is 2.50. The summed E-state index contributed by atoms with van der Waals surface area (Å²) in [5, 5.41) is 0. The number of rotatable bonds is 5. The van der Waals surface area contributed by atoms with Crippen molar-refractivity contribution in [1.82, 2.24) is 9.55 Å². The molecule has 1 aromatic heterocycles. The maximum Gasteiger partial charge on any atom is 0.338 e. The predicted molar refractivity (Wildman–Crippen MR) is 104 cm³/mol. The number of esters is 1. The van der Waals surface area contributed by atoms with E-state index in [9.17, 15) is 14.4 Å². The van der Waals surface area contributed by atoms with Crippen LogP contribution in [-0.2, 0) is 9.47 Å². The molecule has 3 rings (SSSR count). The highest BCUT2D eigenvalue weighted by molar-refractivity contribution is 14.1. The second-order valence-corrected chi connectivity index (χ2v) is 6.85. The lowest BCUT2D eigenvalue weighted by molar-refractivity contribution is -0.170. The van der Waals surface area contributed by atoms with Crippen molar-refractivity contribution in [2.24, 2.45) is 0 Å². The standard InChI is InChI=1S/C18H15F2IN2O5/c1-2-17(19)14(27-13(25)11-6-4-3-5-7-11)18(20,10-21)28-15(17)23-9-8-12(24)22-16(23)26/h2-9,14-15H,1,10H2,(H,22,24,26)/t14-,15+,17+,18+/m0/s1. The molecular formula is C18H15F2IN2O5. The van der Waals surface area contributed by atoms with Gasteiger partial charge in [-0.3, -0.25) is 14.3 Å². The van der Waals surface area contributed by atoms with Crippen molar-refractivity contribution in [3.8, 4) is 0 Å². The average molecular weight is 504 g/mol. The number of ether oxygens (including phenoxy) is 2. The second-order valence-electron chi connectivity index (χ2n) is 6.09. The minimum atomic E-state index is -2.79. The molecule has 1 aromatic carbocycles. The molecule has 1 N–H and O–H groups in total. The number of aromatic nitrogens is 2. The summed E-state index contributed by atoms with van der Waals surface area (Å²) in [6, 6.07) is 8.63. The van der Waals surface area contributed by atoms with Crippen LogP contribution in [0.25, 0.3) is 0 Å². The molecule has 1 fully saturated rings. The topological polar surface area (TPSA) is 90.4 Å². The Bertz CT molecular complexity index is 1010. The highest BCUT2D eigenvalue weighted by Gasteiger charge is 2.67. The van der Waals surface area contributed by atoms with Crippen LogP contribution in [0.1, 0.15) is 16.6 Å². The van der Waals surface area contributed by atoms with Crippen LogP contribution in [-0.4, -0.2) is 37.6 Å². The van der Waals surface area contributed by atoms with E-state index < -0.39 is 45.5 Å². The fraction of sp³-hybridized carbons (Fsp3) is 0.278. The van der Waals surface area contributed by atoms with Gasteiger partial charge in [-0.2, -0.15) is 0 Å². The van der Waals surface area contributed by atoms with Gasteiger partial charge in [-0.15, -0.1) is 0 Å². The van der Waals surface area contributed by atoms with Gasteiger partial charge in [0.15, 0.2) is 6.23 Å². The fourth-order valence-electron chi connectivity index (χ4n) is 2.92. The smallest absolute Gasteiger partial charge is 0.338 e. The average Bonchev–Trinajstić information content (AvgIpc) is 2.91. The molecule has 28 heavy (non-hydrogen) atoms. The van der Waals surface area contributed by atoms with Crippen LogP contribution < -0.4 is 11.2 Å². The van der Waals surface area contributed by atoms with Crippen molar-refractivity contribution in [2.75, 3.05) is 4.43 Å². The molecule has 1 aliphatic heterocycles. The maximum atomic E-state index is 15.9. The minimum Gasteiger partial charge on any atom is -0.449 e. The molecule has 1 saturated heterocycles. The summed E-state index contributed by atoms with van der Waals surface area (Å²) in [6.45, 7) is 3.36. The van der Waals surface area contributed by atoms with Crippen molar-refractivity contribution in [2.45, 2.75) is 23.9 Å². The van der Waals surface area contributed by atoms with E-state index in [0.717, 1.165) is 18.3 Å². The van der Waals surface area contributed by atoms with Crippen LogP contribution in [0.2, 0.25) is 0 Å². The number of aromatic amines is 1. The van der Waals surface area contributed by atoms with Gasteiger partial charge >= 0.3 is 11.7 Å². The first-order valence-corrected chi connectivity index (χ1v) is 9.60. The van der Waals surface area contributed by atoms with E-state index in [2.05, 4.69) is 6.58 Å². The zero-order valence-electron chi connectivity index (χ0n) is 14.3. The van der Waals surface area contributed by atoms with Gasteiger partial charge in [0, 0.05) is 12.3 Å². The molecule has 2 aromatic rings. The number of H-pyrrole nitrogens is 1. The summed E-state index contributed by atoms with van der Waals surface area (Å²) < 4.78 is 41.9. The van der Waals surface area contributed by atoms with Gasteiger partial charge < -0.3 is 9.47 Å². The van der Waals surface area contributed by atoms with Gasteiger partial charge in [-0.1, -0.05) is 47.4 Å². The monoisotopic (exact) mass is 504 g/mol. The second kappa shape index (κ2) is 7.59. The summed E-state index contributed by atoms with van der Waals surface area (Å²) in [5.41, 5.74) is -4.41. The number of halogens is 3. The molecular weight excluding hydrogens is 489 g/mol. The zero-order valence-corrected chi connectivity index (χ0v) is 16.5. The number of nitrogens with zero attached hydrogens (tertiary/aromatic N) is 1. The zero-order chi connectivity index (χ0) is 20.5. The third kappa shape index (κ3) is 3.41. The molecule has 0 spiro atoms. The molecule has 0 unspecified atom stereocenters. The normalized spacial score (nSPS) is 29.4. The molecule has 0 saturated carbocycles. The fourth-order valence-corrected chi connectivity index (χ4v) is 3.50. The Labute approximate surface area is 171 Å². The minimum absolute atomic E-state index is 0.0920. The maximum absolute atomic E-state index is 15.9. The first kappa shape index (κ1) is 20.4. The van der Waals surface area contributed by atoms with E-state index in [1.807, 2.05) is 4.98 Å². The number of alkyl halides is 3. The molecule has 0 aliphatic carbocycles. The van der Waals surface area contributed by atoms with E-state index in [1.165, 1.54) is 12.1 Å². The van der Waals surface area contributed by atoms with Crippen molar-refractivity contribution in [3.63, 3.8) is 0 Å². The third-order valence-electron chi connectivity index (χ3n) is 4.31. The van der Waals surface area contributed by atoms with E-state index in [0.29, 0.717) is 4.57 Å². The van der Waals surface area contributed by atoms with Crippen LogP contribution >= 0.6 is 22.6 Å². The number of hydrogen-bond donors (Lipinski definition) is 1. The van der Waals surface area contributed by atoms with Crippen molar-refractivity contribution >= 4 is 28.6 Å². The summed E-state index contributed by atoms with van der Waals surface area (Å²) >= 11 is 1.62. The Hall–Kier alpha value is -2.34.